The highest BCUT2D eigenvalue weighted by Gasteiger charge is 2.34. The number of piperidine rings is 1. The Balaban J connectivity index is 1.67. The summed E-state index contributed by atoms with van der Waals surface area (Å²) in [5, 5.41) is 0. The Kier molecular flexibility index (Phi) is 2.99. The molecule has 0 spiro atoms. The lowest BCUT2D eigenvalue weighted by atomic mass is 9.94. The minimum Gasteiger partial charge on any atom is -0.345 e. The summed E-state index contributed by atoms with van der Waals surface area (Å²) >= 11 is 0. The third-order valence-electron chi connectivity index (χ3n) is 5.61. The van der Waals surface area contributed by atoms with E-state index in [2.05, 4.69) is 22.5 Å². The van der Waals surface area contributed by atoms with Gasteiger partial charge in [0.25, 0.3) is 0 Å². The maximum absolute atomic E-state index is 12.1. The third kappa shape index (κ3) is 1.86. The molecule has 0 bridgehead atoms. The molecule has 2 atom stereocenters. The highest BCUT2D eigenvalue weighted by molar-refractivity contribution is 5.98. The molecular formula is C17H24N2O. The number of hydrogen-bond acceptors (Lipinski definition) is 2. The van der Waals surface area contributed by atoms with Crippen LogP contribution in [0.3, 0.4) is 0 Å². The average Bonchev–Trinajstić information content (AvgIpc) is 3.02. The van der Waals surface area contributed by atoms with Gasteiger partial charge in [-0.25, -0.2) is 0 Å². The van der Waals surface area contributed by atoms with Crippen molar-refractivity contribution in [2.75, 3.05) is 13.1 Å². The Morgan fingerprint density at radius 3 is 2.90 bits per heavy atom. The molecule has 4 rings (SSSR count). The second kappa shape index (κ2) is 4.73. The van der Waals surface area contributed by atoms with Crippen LogP contribution in [0.15, 0.2) is 6.07 Å². The van der Waals surface area contributed by atoms with Crippen LogP contribution in [-0.4, -0.2) is 34.4 Å². The van der Waals surface area contributed by atoms with Crippen LogP contribution in [0, 0.1) is 6.92 Å². The van der Waals surface area contributed by atoms with E-state index >= 15 is 0 Å². The van der Waals surface area contributed by atoms with E-state index in [1.165, 1.54) is 50.2 Å². The summed E-state index contributed by atoms with van der Waals surface area (Å²) in [5.74, 6) is 0.367. The summed E-state index contributed by atoms with van der Waals surface area (Å²) in [6, 6.07) is 3.58. The van der Waals surface area contributed by atoms with Gasteiger partial charge in [0.15, 0.2) is 5.78 Å². The summed E-state index contributed by atoms with van der Waals surface area (Å²) in [4.78, 5) is 14.8. The van der Waals surface area contributed by atoms with Crippen LogP contribution in [0.1, 0.15) is 66.3 Å². The first-order valence-corrected chi connectivity index (χ1v) is 8.22. The maximum atomic E-state index is 12.1. The zero-order valence-corrected chi connectivity index (χ0v) is 12.4. The van der Waals surface area contributed by atoms with Crippen LogP contribution < -0.4 is 0 Å². The number of aryl methyl sites for hydroxylation is 1. The van der Waals surface area contributed by atoms with E-state index in [-0.39, 0.29) is 0 Å². The summed E-state index contributed by atoms with van der Waals surface area (Å²) in [6.45, 7) is 4.74. The average molecular weight is 272 g/mol. The fraction of sp³-hybridized carbons (Fsp3) is 0.706. The number of carbonyl (C=O) groups is 1. The Hall–Kier alpha value is -1.09. The van der Waals surface area contributed by atoms with Gasteiger partial charge >= 0.3 is 0 Å². The molecule has 0 aromatic carbocycles. The molecule has 1 aliphatic carbocycles. The first-order chi connectivity index (χ1) is 9.74. The van der Waals surface area contributed by atoms with Gasteiger partial charge in [0.05, 0.1) is 0 Å². The lowest BCUT2D eigenvalue weighted by Crippen LogP contribution is -2.39. The van der Waals surface area contributed by atoms with Crippen LogP contribution in [0.25, 0.3) is 0 Å². The van der Waals surface area contributed by atoms with E-state index in [0.29, 0.717) is 11.8 Å². The fourth-order valence-electron chi connectivity index (χ4n) is 4.70. The minimum atomic E-state index is 0.367. The number of Topliss-reactive ketones (excluding diaryl/α,β-unsaturated/α-hetero) is 1. The van der Waals surface area contributed by atoms with Crippen molar-refractivity contribution in [3.8, 4) is 0 Å². The molecule has 0 radical (unpaired) electrons. The maximum Gasteiger partial charge on any atom is 0.164 e. The molecule has 1 aromatic rings. The number of fused-ring (bicyclic) bond motifs is 2. The predicted molar refractivity (Wildman–Crippen MR) is 79.3 cm³/mol. The van der Waals surface area contributed by atoms with E-state index in [1.807, 2.05) is 0 Å². The van der Waals surface area contributed by atoms with E-state index in [1.54, 1.807) is 0 Å². The molecule has 0 saturated carbocycles. The van der Waals surface area contributed by atoms with Gasteiger partial charge in [0, 0.05) is 42.0 Å². The number of ketones is 1. The zero-order chi connectivity index (χ0) is 13.7. The number of carbonyl (C=O) groups excluding carboxylic acids is 1. The SMILES string of the molecule is Cc1cc2c(n1C1CCN3CCCC3C1)CCCC2=O. The number of hydrogen-bond donors (Lipinski definition) is 0. The molecule has 3 heteroatoms. The standard InChI is InChI=1S/C17H24N2O/c1-12-10-15-16(5-2-6-17(15)20)19(12)14-7-9-18-8-3-4-13(18)11-14/h10,13-14H,2-9,11H2,1H3. The monoisotopic (exact) mass is 272 g/mol. The topological polar surface area (TPSA) is 25.2 Å². The van der Waals surface area contributed by atoms with Gasteiger partial charge in [-0.2, -0.15) is 0 Å². The normalized spacial score (nSPS) is 30.4. The van der Waals surface area contributed by atoms with E-state index in [0.717, 1.165) is 30.9 Å². The van der Waals surface area contributed by atoms with Crippen LogP contribution in [-0.2, 0) is 6.42 Å². The van der Waals surface area contributed by atoms with Gasteiger partial charge in [0.1, 0.15) is 0 Å². The first-order valence-electron chi connectivity index (χ1n) is 8.22. The van der Waals surface area contributed by atoms with Crippen molar-refractivity contribution in [2.24, 2.45) is 0 Å². The fourth-order valence-corrected chi connectivity index (χ4v) is 4.70. The molecule has 108 valence electrons. The van der Waals surface area contributed by atoms with Crippen LogP contribution in [0.5, 0.6) is 0 Å². The molecule has 3 heterocycles. The van der Waals surface area contributed by atoms with Crippen molar-refractivity contribution in [1.82, 2.24) is 9.47 Å². The summed E-state index contributed by atoms with van der Waals surface area (Å²) < 4.78 is 2.53. The van der Waals surface area contributed by atoms with Gasteiger partial charge < -0.3 is 9.47 Å². The third-order valence-corrected chi connectivity index (χ3v) is 5.61. The predicted octanol–water partition coefficient (Wildman–Crippen LogP) is 3.11. The van der Waals surface area contributed by atoms with E-state index in [9.17, 15) is 4.79 Å². The van der Waals surface area contributed by atoms with Gasteiger partial charge in [-0.1, -0.05) is 0 Å². The molecule has 0 amide bonds. The van der Waals surface area contributed by atoms with Crippen molar-refractivity contribution < 1.29 is 4.79 Å². The molecule has 2 unspecified atom stereocenters. The van der Waals surface area contributed by atoms with E-state index in [4.69, 9.17) is 0 Å². The summed E-state index contributed by atoms with van der Waals surface area (Å²) in [6.07, 6.45) is 8.17. The van der Waals surface area contributed by atoms with Gasteiger partial charge in [-0.3, -0.25) is 4.79 Å². The van der Waals surface area contributed by atoms with Crippen molar-refractivity contribution in [2.45, 2.75) is 64.0 Å². The summed E-state index contributed by atoms with van der Waals surface area (Å²) in [5.41, 5.74) is 3.68. The van der Waals surface area contributed by atoms with E-state index < -0.39 is 0 Å². The summed E-state index contributed by atoms with van der Waals surface area (Å²) in [7, 11) is 0. The second-order valence-electron chi connectivity index (χ2n) is 6.80. The molecule has 2 aliphatic heterocycles. The Bertz CT molecular complexity index is 545. The number of rotatable bonds is 1. The van der Waals surface area contributed by atoms with Gasteiger partial charge in [0.2, 0.25) is 0 Å². The minimum absolute atomic E-state index is 0.367. The smallest absolute Gasteiger partial charge is 0.164 e. The highest BCUT2D eigenvalue weighted by atomic mass is 16.1. The second-order valence-corrected chi connectivity index (χ2v) is 6.80. The molecular weight excluding hydrogens is 248 g/mol. The Morgan fingerprint density at radius 1 is 1.10 bits per heavy atom. The largest absolute Gasteiger partial charge is 0.345 e. The molecule has 3 nitrogen and oxygen atoms in total. The van der Waals surface area contributed by atoms with Crippen molar-refractivity contribution >= 4 is 5.78 Å². The molecule has 20 heavy (non-hydrogen) atoms. The Labute approximate surface area is 120 Å². The van der Waals surface area contributed by atoms with Crippen molar-refractivity contribution in [1.29, 1.82) is 0 Å². The van der Waals surface area contributed by atoms with Crippen molar-refractivity contribution in [3.05, 3.63) is 23.0 Å². The number of aromatic nitrogens is 1. The molecule has 2 saturated heterocycles. The lowest BCUT2D eigenvalue weighted by Gasteiger charge is -2.37. The quantitative estimate of drug-likeness (QED) is 0.785. The van der Waals surface area contributed by atoms with Crippen LogP contribution in [0.2, 0.25) is 0 Å². The zero-order valence-electron chi connectivity index (χ0n) is 12.4. The van der Waals surface area contributed by atoms with Crippen LogP contribution in [0.4, 0.5) is 0 Å². The molecule has 2 fully saturated rings. The Morgan fingerprint density at radius 2 is 2.00 bits per heavy atom. The van der Waals surface area contributed by atoms with Gasteiger partial charge in [-0.05, 0) is 58.1 Å². The van der Waals surface area contributed by atoms with Crippen LogP contribution >= 0.6 is 0 Å². The van der Waals surface area contributed by atoms with Gasteiger partial charge in [-0.15, -0.1) is 0 Å². The van der Waals surface area contributed by atoms with Crippen molar-refractivity contribution in [3.63, 3.8) is 0 Å². The lowest BCUT2D eigenvalue weighted by molar-refractivity contribution is 0.0970. The molecule has 3 aliphatic rings. The highest BCUT2D eigenvalue weighted by Crippen LogP contribution is 2.37. The molecule has 1 aromatic heterocycles. The number of nitrogens with zero attached hydrogens (tertiary/aromatic N) is 2. The first kappa shape index (κ1) is 12.6. The molecule has 0 N–H and O–H groups in total.